The Morgan fingerprint density at radius 1 is 1.33 bits per heavy atom. The SMILES string of the molecule is N#C/C(=C/c1ccc([N+](=O)[O-])cc1Br)c1cccc(Cl)c1. The Balaban J connectivity index is 2.46. The summed E-state index contributed by atoms with van der Waals surface area (Å²) in [6.07, 6.45) is 1.65. The van der Waals surface area contributed by atoms with Gasteiger partial charge in [-0.05, 0) is 51.3 Å². The molecule has 0 saturated carbocycles. The van der Waals surface area contributed by atoms with E-state index in [0.29, 0.717) is 26.2 Å². The Morgan fingerprint density at radius 2 is 2.10 bits per heavy atom. The second-order valence-electron chi connectivity index (χ2n) is 4.14. The van der Waals surface area contributed by atoms with Crippen molar-refractivity contribution in [2.24, 2.45) is 0 Å². The highest BCUT2D eigenvalue weighted by molar-refractivity contribution is 9.10. The van der Waals surface area contributed by atoms with E-state index >= 15 is 0 Å². The summed E-state index contributed by atoms with van der Waals surface area (Å²) in [5.74, 6) is 0. The second-order valence-corrected chi connectivity index (χ2v) is 5.43. The van der Waals surface area contributed by atoms with Gasteiger partial charge in [0.15, 0.2) is 0 Å². The molecule has 0 saturated heterocycles. The molecule has 0 N–H and O–H groups in total. The number of nitro benzene ring substituents is 1. The molecule has 0 aromatic heterocycles. The first-order chi connectivity index (χ1) is 10.0. The van der Waals surface area contributed by atoms with Gasteiger partial charge < -0.3 is 0 Å². The van der Waals surface area contributed by atoms with Gasteiger partial charge in [-0.3, -0.25) is 10.1 Å². The Bertz CT molecular complexity index is 781. The van der Waals surface area contributed by atoms with E-state index in [-0.39, 0.29) is 5.69 Å². The number of nitro groups is 1. The number of allylic oxidation sites excluding steroid dienone is 1. The van der Waals surface area contributed by atoms with Crippen molar-refractivity contribution in [1.82, 2.24) is 0 Å². The molecule has 0 atom stereocenters. The Hall–Kier alpha value is -2.16. The lowest BCUT2D eigenvalue weighted by molar-refractivity contribution is -0.384. The summed E-state index contributed by atoms with van der Waals surface area (Å²) in [4.78, 5) is 10.2. The summed E-state index contributed by atoms with van der Waals surface area (Å²) in [5.41, 5.74) is 1.78. The monoisotopic (exact) mass is 362 g/mol. The number of hydrogen-bond donors (Lipinski definition) is 0. The minimum absolute atomic E-state index is 0.0136. The van der Waals surface area contributed by atoms with Crippen LogP contribution in [0.4, 0.5) is 5.69 Å². The zero-order valence-electron chi connectivity index (χ0n) is 10.6. The Morgan fingerprint density at radius 3 is 2.67 bits per heavy atom. The summed E-state index contributed by atoms with van der Waals surface area (Å²) in [7, 11) is 0. The van der Waals surface area contributed by atoms with Crippen LogP contribution in [0.5, 0.6) is 0 Å². The van der Waals surface area contributed by atoms with Crippen LogP contribution in [0.1, 0.15) is 11.1 Å². The lowest BCUT2D eigenvalue weighted by Gasteiger charge is -2.02. The summed E-state index contributed by atoms with van der Waals surface area (Å²) in [6.45, 7) is 0. The second kappa shape index (κ2) is 6.53. The molecule has 0 unspecified atom stereocenters. The number of hydrogen-bond acceptors (Lipinski definition) is 3. The zero-order valence-corrected chi connectivity index (χ0v) is 12.9. The van der Waals surface area contributed by atoms with E-state index in [4.69, 9.17) is 11.6 Å². The smallest absolute Gasteiger partial charge is 0.258 e. The van der Waals surface area contributed by atoms with Crippen molar-refractivity contribution in [3.05, 3.63) is 73.2 Å². The average Bonchev–Trinajstić information content (AvgIpc) is 2.45. The average molecular weight is 364 g/mol. The van der Waals surface area contributed by atoms with Crippen molar-refractivity contribution in [2.75, 3.05) is 0 Å². The number of nitriles is 1. The molecule has 0 spiro atoms. The molecule has 0 amide bonds. The molecule has 6 heteroatoms. The van der Waals surface area contributed by atoms with Crippen LogP contribution in [0.2, 0.25) is 5.02 Å². The van der Waals surface area contributed by atoms with Crippen LogP contribution in [0.25, 0.3) is 11.6 Å². The van der Waals surface area contributed by atoms with Crippen molar-refractivity contribution >= 4 is 44.9 Å². The van der Waals surface area contributed by atoms with E-state index in [1.165, 1.54) is 12.1 Å². The van der Waals surface area contributed by atoms with Gasteiger partial charge in [0.25, 0.3) is 5.69 Å². The highest BCUT2D eigenvalue weighted by atomic mass is 79.9. The highest BCUT2D eigenvalue weighted by Crippen LogP contribution is 2.27. The van der Waals surface area contributed by atoms with Crippen molar-refractivity contribution in [2.45, 2.75) is 0 Å². The largest absolute Gasteiger partial charge is 0.270 e. The first-order valence-electron chi connectivity index (χ1n) is 5.83. The minimum atomic E-state index is -0.472. The maximum Gasteiger partial charge on any atom is 0.270 e. The molecule has 21 heavy (non-hydrogen) atoms. The van der Waals surface area contributed by atoms with Gasteiger partial charge in [-0.2, -0.15) is 5.26 Å². The van der Waals surface area contributed by atoms with Gasteiger partial charge in [0.05, 0.1) is 16.6 Å². The number of non-ortho nitro benzene ring substituents is 1. The molecule has 0 radical (unpaired) electrons. The van der Waals surface area contributed by atoms with Crippen LogP contribution in [-0.2, 0) is 0 Å². The van der Waals surface area contributed by atoms with Crippen LogP contribution in [0.15, 0.2) is 46.9 Å². The highest BCUT2D eigenvalue weighted by Gasteiger charge is 2.09. The summed E-state index contributed by atoms with van der Waals surface area (Å²) in [6, 6.07) is 13.4. The van der Waals surface area contributed by atoms with Gasteiger partial charge in [0.2, 0.25) is 0 Å². The molecular formula is C15H8BrClN2O2. The zero-order chi connectivity index (χ0) is 15.4. The van der Waals surface area contributed by atoms with E-state index in [9.17, 15) is 15.4 Å². The molecule has 0 aliphatic carbocycles. The summed E-state index contributed by atoms with van der Waals surface area (Å²) < 4.78 is 0.548. The minimum Gasteiger partial charge on any atom is -0.258 e. The molecule has 0 aliphatic rings. The van der Waals surface area contributed by atoms with Crippen LogP contribution < -0.4 is 0 Å². The predicted molar refractivity (Wildman–Crippen MR) is 85.7 cm³/mol. The van der Waals surface area contributed by atoms with E-state index < -0.39 is 4.92 Å². The van der Waals surface area contributed by atoms with Crippen molar-refractivity contribution in [3.63, 3.8) is 0 Å². The summed E-state index contributed by atoms with van der Waals surface area (Å²) in [5, 5.41) is 20.5. The molecular weight excluding hydrogens is 356 g/mol. The van der Waals surface area contributed by atoms with Crippen LogP contribution in [0.3, 0.4) is 0 Å². The molecule has 4 nitrogen and oxygen atoms in total. The van der Waals surface area contributed by atoms with Gasteiger partial charge >= 0.3 is 0 Å². The Labute approximate surface area is 134 Å². The topological polar surface area (TPSA) is 66.9 Å². The standard InChI is InChI=1S/C15H8BrClN2O2/c16-15-8-14(19(20)21)5-4-11(15)6-12(9-18)10-2-1-3-13(17)7-10/h1-8H/b12-6-. The fourth-order valence-corrected chi connectivity index (χ4v) is 2.41. The number of benzene rings is 2. The molecule has 2 rings (SSSR count). The van der Waals surface area contributed by atoms with E-state index in [2.05, 4.69) is 22.0 Å². The maximum absolute atomic E-state index is 10.7. The van der Waals surface area contributed by atoms with Crippen LogP contribution in [-0.4, -0.2) is 4.92 Å². The lowest BCUT2D eigenvalue weighted by atomic mass is 10.0. The molecule has 2 aromatic rings. The lowest BCUT2D eigenvalue weighted by Crippen LogP contribution is -1.89. The quantitative estimate of drug-likeness (QED) is 0.331. The van der Waals surface area contributed by atoms with Crippen molar-refractivity contribution in [3.8, 4) is 6.07 Å². The number of rotatable bonds is 3. The maximum atomic E-state index is 10.7. The first kappa shape index (κ1) is 15.2. The van der Waals surface area contributed by atoms with E-state index in [1.807, 2.05) is 0 Å². The van der Waals surface area contributed by atoms with Gasteiger partial charge in [-0.1, -0.05) is 23.7 Å². The van der Waals surface area contributed by atoms with Gasteiger partial charge in [-0.25, -0.2) is 0 Å². The van der Waals surface area contributed by atoms with Gasteiger partial charge in [-0.15, -0.1) is 0 Å². The predicted octanol–water partition coefficient (Wildman–Crippen LogP) is 5.07. The molecule has 0 fully saturated rings. The molecule has 104 valence electrons. The summed E-state index contributed by atoms with van der Waals surface area (Å²) >= 11 is 9.19. The Kier molecular flexibility index (Phi) is 4.73. The first-order valence-corrected chi connectivity index (χ1v) is 7.00. The third kappa shape index (κ3) is 3.69. The number of nitrogens with zero attached hydrogens (tertiary/aromatic N) is 2. The molecule has 0 heterocycles. The van der Waals surface area contributed by atoms with Crippen LogP contribution >= 0.6 is 27.5 Å². The van der Waals surface area contributed by atoms with Gasteiger partial charge in [0, 0.05) is 21.6 Å². The fourth-order valence-electron chi connectivity index (χ4n) is 1.74. The number of halogens is 2. The van der Waals surface area contributed by atoms with Crippen molar-refractivity contribution < 1.29 is 4.92 Å². The molecule has 0 bridgehead atoms. The third-order valence-corrected chi connectivity index (χ3v) is 3.67. The molecule has 2 aromatic carbocycles. The van der Waals surface area contributed by atoms with E-state index in [0.717, 1.165) is 0 Å². The van der Waals surface area contributed by atoms with E-state index in [1.54, 1.807) is 36.4 Å². The van der Waals surface area contributed by atoms with Crippen LogP contribution in [0, 0.1) is 21.4 Å². The van der Waals surface area contributed by atoms with Gasteiger partial charge in [0.1, 0.15) is 0 Å². The van der Waals surface area contributed by atoms with Crippen molar-refractivity contribution in [1.29, 1.82) is 5.26 Å². The third-order valence-electron chi connectivity index (χ3n) is 2.75. The molecule has 0 aliphatic heterocycles. The normalized spacial score (nSPS) is 11.0. The fraction of sp³-hybridized carbons (Fsp3) is 0.